The van der Waals surface area contributed by atoms with Crippen molar-refractivity contribution in [1.29, 1.82) is 0 Å². The highest BCUT2D eigenvalue weighted by atomic mass is 28.3. The number of anilines is 1. The van der Waals surface area contributed by atoms with Gasteiger partial charge < -0.3 is 9.64 Å². The van der Waals surface area contributed by atoms with Gasteiger partial charge in [0.2, 0.25) is 5.82 Å². The highest BCUT2D eigenvalue weighted by Crippen LogP contribution is 2.34. The number of nitrogens with zero attached hydrogens (tertiary/aromatic N) is 5. The van der Waals surface area contributed by atoms with Crippen molar-refractivity contribution in [3.8, 4) is 11.5 Å². The maximum atomic E-state index is 5.59. The van der Waals surface area contributed by atoms with Gasteiger partial charge in [-0.15, -0.1) is 5.54 Å². The lowest BCUT2D eigenvalue weighted by Gasteiger charge is -2.19. The average molecular weight is 341 g/mol. The van der Waals surface area contributed by atoms with Gasteiger partial charge >= 0.3 is 0 Å². The molecular weight excluding hydrogens is 318 g/mol. The van der Waals surface area contributed by atoms with E-state index in [1.165, 1.54) is 0 Å². The van der Waals surface area contributed by atoms with E-state index in [1.54, 1.807) is 4.68 Å². The van der Waals surface area contributed by atoms with Gasteiger partial charge in [-0.2, -0.15) is 5.10 Å². The van der Waals surface area contributed by atoms with Gasteiger partial charge in [-0.3, -0.25) is 4.68 Å². The normalized spacial score (nSPS) is 23.4. The predicted octanol–water partition coefficient (Wildman–Crippen LogP) is 1.67. The van der Waals surface area contributed by atoms with Crippen LogP contribution in [0.4, 0.5) is 5.82 Å². The summed E-state index contributed by atoms with van der Waals surface area (Å²) in [4.78, 5) is 11.8. The van der Waals surface area contributed by atoms with Crippen LogP contribution in [0.1, 0.15) is 5.82 Å². The van der Waals surface area contributed by atoms with Crippen molar-refractivity contribution in [2.75, 3.05) is 31.2 Å². The van der Waals surface area contributed by atoms with E-state index in [9.17, 15) is 0 Å². The lowest BCUT2D eigenvalue weighted by atomic mass is 10.0. The Balaban J connectivity index is 1.77. The largest absolute Gasteiger partial charge is 0.381 e. The predicted molar refractivity (Wildman–Crippen MR) is 96.5 cm³/mol. The molecule has 0 amide bonds. The fourth-order valence-corrected chi connectivity index (χ4v) is 3.89. The summed E-state index contributed by atoms with van der Waals surface area (Å²) < 4.78 is 7.40. The van der Waals surface area contributed by atoms with E-state index < -0.39 is 8.07 Å². The smallest absolute Gasteiger partial charge is 0.208 e. The number of fused-ring (bicyclic) bond motifs is 2. The number of ether oxygens (including phenoxy) is 1. The average Bonchev–Trinajstić information content (AvgIpc) is 3.19. The third-order valence-corrected chi connectivity index (χ3v) is 5.54. The molecule has 6 nitrogen and oxygen atoms in total. The van der Waals surface area contributed by atoms with Crippen LogP contribution in [-0.2, 0) is 11.8 Å². The maximum Gasteiger partial charge on any atom is 0.208 e. The summed E-state index contributed by atoms with van der Waals surface area (Å²) in [6.45, 7) is 10.4. The van der Waals surface area contributed by atoms with Crippen LogP contribution >= 0.6 is 0 Å². The Morgan fingerprint density at radius 1 is 1.17 bits per heavy atom. The van der Waals surface area contributed by atoms with Crippen LogP contribution in [0.5, 0.6) is 0 Å². The molecule has 0 aromatic carbocycles. The lowest BCUT2D eigenvalue weighted by molar-refractivity contribution is 0.177. The number of hydrogen-bond acceptors (Lipinski definition) is 5. The molecule has 2 fully saturated rings. The van der Waals surface area contributed by atoms with Crippen LogP contribution in [0.15, 0.2) is 6.20 Å². The van der Waals surface area contributed by atoms with Crippen LogP contribution in [-0.4, -0.2) is 54.1 Å². The maximum absolute atomic E-state index is 5.59. The number of rotatable bonds is 1. The molecule has 2 aliphatic rings. The Bertz CT molecular complexity index is 832. The fraction of sp³-hybridized carbons (Fsp3) is 0.588. The minimum absolute atomic E-state index is 0.608. The summed E-state index contributed by atoms with van der Waals surface area (Å²) in [7, 11) is 0.452. The number of aryl methyl sites for hydroxylation is 1. The fourth-order valence-electron chi connectivity index (χ4n) is 3.41. The van der Waals surface area contributed by atoms with E-state index in [-0.39, 0.29) is 0 Å². The molecule has 0 unspecified atom stereocenters. The first-order chi connectivity index (χ1) is 11.4. The highest BCUT2D eigenvalue weighted by molar-refractivity contribution is 6.83. The van der Waals surface area contributed by atoms with Crippen molar-refractivity contribution in [2.24, 2.45) is 18.9 Å². The van der Waals surface area contributed by atoms with E-state index >= 15 is 0 Å². The molecule has 0 saturated carbocycles. The minimum Gasteiger partial charge on any atom is -0.381 e. The summed E-state index contributed by atoms with van der Waals surface area (Å²) in [6, 6.07) is 0. The summed E-state index contributed by atoms with van der Waals surface area (Å²) in [5, 5.41) is 5.38. The van der Waals surface area contributed by atoms with E-state index in [1.807, 2.05) is 13.2 Å². The second-order valence-electron chi connectivity index (χ2n) is 7.84. The molecule has 4 rings (SSSR count). The van der Waals surface area contributed by atoms with Crippen molar-refractivity contribution >= 4 is 24.9 Å². The Morgan fingerprint density at radius 3 is 2.54 bits per heavy atom. The van der Waals surface area contributed by atoms with Gasteiger partial charge in [0.05, 0.1) is 24.8 Å². The Morgan fingerprint density at radius 2 is 1.88 bits per heavy atom. The SMILES string of the molecule is Cn1ncc2c(N3C[C@H]4COC[C@H]4C3)nc(C#C[Si](C)(C)C)nc21. The minimum atomic E-state index is -1.47. The molecule has 2 aliphatic heterocycles. The first-order valence-corrected chi connectivity index (χ1v) is 12.0. The summed E-state index contributed by atoms with van der Waals surface area (Å²) >= 11 is 0. The Hall–Kier alpha value is -1.91. The number of aromatic nitrogens is 4. The molecule has 2 atom stereocenters. The van der Waals surface area contributed by atoms with Gasteiger partial charge in [0, 0.05) is 32.0 Å². The lowest BCUT2D eigenvalue weighted by Crippen LogP contribution is -2.24. The zero-order chi connectivity index (χ0) is 16.9. The van der Waals surface area contributed by atoms with Gasteiger partial charge in [-0.25, -0.2) is 9.97 Å². The van der Waals surface area contributed by atoms with E-state index in [0.717, 1.165) is 43.2 Å². The van der Waals surface area contributed by atoms with Gasteiger partial charge in [0.25, 0.3) is 0 Å². The van der Waals surface area contributed by atoms with E-state index in [4.69, 9.17) is 9.72 Å². The quantitative estimate of drug-likeness (QED) is 0.583. The van der Waals surface area contributed by atoms with Crippen LogP contribution in [0.2, 0.25) is 19.6 Å². The molecule has 2 aromatic heterocycles. The second-order valence-corrected chi connectivity index (χ2v) is 12.6. The summed E-state index contributed by atoms with van der Waals surface area (Å²) in [5.41, 5.74) is 4.22. The molecule has 24 heavy (non-hydrogen) atoms. The van der Waals surface area contributed by atoms with Crippen LogP contribution in [0, 0.1) is 23.3 Å². The van der Waals surface area contributed by atoms with Crippen molar-refractivity contribution in [3.05, 3.63) is 12.0 Å². The topological polar surface area (TPSA) is 56.1 Å². The molecule has 0 N–H and O–H groups in total. The van der Waals surface area contributed by atoms with Crippen LogP contribution < -0.4 is 4.90 Å². The molecule has 126 valence electrons. The Labute approximate surface area is 143 Å². The van der Waals surface area contributed by atoms with Crippen LogP contribution in [0.25, 0.3) is 11.0 Å². The molecule has 2 saturated heterocycles. The van der Waals surface area contributed by atoms with E-state index in [2.05, 4.69) is 46.1 Å². The highest BCUT2D eigenvalue weighted by Gasteiger charge is 2.38. The molecule has 0 spiro atoms. The van der Waals surface area contributed by atoms with E-state index in [0.29, 0.717) is 17.7 Å². The summed E-state index contributed by atoms with van der Waals surface area (Å²) in [6.07, 6.45) is 1.87. The third kappa shape index (κ3) is 2.80. The Kier molecular flexibility index (Phi) is 3.62. The van der Waals surface area contributed by atoms with Gasteiger partial charge in [0.1, 0.15) is 13.9 Å². The molecule has 4 heterocycles. The zero-order valence-corrected chi connectivity index (χ0v) is 15.7. The molecule has 0 radical (unpaired) electrons. The standard InChI is InChI=1S/C17H23N5OSi/c1-21-16-14(7-18-21)17(20-15(19-16)5-6-24(2,3)4)22-8-12-10-23-11-13(12)9-22/h7,12-13H,8-11H2,1-4H3/t12-,13+. The van der Waals surface area contributed by atoms with Crippen molar-refractivity contribution in [3.63, 3.8) is 0 Å². The molecule has 0 bridgehead atoms. The molecular formula is C17H23N5OSi. The third-order valence-electron chi connectivity index (χ3n) is 4.66. The van der Waals surface area contributed by atoms with Crippen molar-refractivity contribution in [2.45, 2.75) is 19.6 Å². The second kappa shape index (κ2) is 5.57. The van der Waals surface area contributed by atoms with Crippen molar-refractivity contribution < 1.29 is 4.74 Å². The monoisotopic (exact) mass is 341 g/mol. The van der Waals surface area contributed by atoms with Gasteiger partial charge in [-0.1, -0.05) is 19.6 Å². The molecule has 0 aliphatic carbocycles. The first kappa shape index (κ1) is 15.6. The van der Waals surface area contributed by atoms with Gasteiger partial charge in [0.15, 0.2) is 5.65 Å². The molecule has 7 heteroatoms. The van der Waals surface area contributed by atoms with Crippen LogP contribution in [0.3, 0.4) is 0 Å². The first-order valence-electron chi connectivity index (χ1n) is 8.46. The van der Waals surface area contributed by atoms with Gasteiger partial charge in [-0.05, 0) is 5.92 Å². The zero-order valence-electron chi connectivity index (χ0n) is 14.7. The number of hydrogen-bond donors (Lipinski definition) is 0. The molecule has 2 aromatic rings. The summed E-state index contributed by atoms with van der Waals surface area (Å²) in [5.74, 6) is 6.02. The van der Waals surface area contributed by atoms with Crippen molar-refractivity contribution in [1.82, 2.24) is 19.7 Å².